The van der Waals surface area contributed by atoms with Crippen molar-refractivity contribution in [2.24, 2.45) is 0 Å². The summed E-state index contributed by atoms with van der Waals surface area (Å²) >= 11 is 0. The third-order valence-electron chi connectivity index (χ3n) is 6.81. The molecule has 0 saturated heterocycles. The lowest BCUT2D eigenvalue weighted by atomic mass is 9.98. The monoisotopic (exact) mass is 528 g/mol. The highest BCUT2D eigenvalue weighted by Gasteiger charge is 2.22. The third kappa shape index (κ3) is 5.61. The standard InChI is InChI=1S/C31H32N2O6/c1-20-8-5-6-9-26(20)30-23(12-21-15-28-29(39-19-38-28)17-27(21)32-30)18-33(10-7-11-35-2)31(34)22-13-24(36-3)16-25(14-22)37-4/h5-6,8-9,12-17H,7,10-11,18-19H2,1-4H3. The van der Waals surface area contributed by atoms with E-state index in [1.807, 2.05) is 29.2 Å². The maximum absolute atomic E-state index is 13.9. The summed E-state index contributed by atoms with van der Waals surface area (Å²) in [4.78, 5) is 20.8. The number of amides is 1. The predicted molar refractivity (Wildman–Crippen MR) is 149 cm³/mol. The Bertz CT molecular complexity index is 1480. The Morgan fingerprint density at radius 3 is 2.36 bits per heavy atom. The van der Waals surface area contributed by atoms with Crippen LogP contribution in [0.1, 0.15) is 27.9 Å². The van der Waals surface area contributed by atoms with Gasteiger partial charge in [-0.15, -0.1) is 0 Å². The normalized spacial score (nSPS) is 12.0. The number of ether oxygens (including phenoxy) is 5. The maximum atomic E-state index is 13.9. The number of hydrogen-bond donors (Lipinski definition) is 0. The molecule has 2 heterocycles. The second-order valence-corrected chi connectivity index (χ2v) is 9.38. The number of benzene rings is 3. The van der Waals surface area contributed by atoms with Gasteiger partial charge < -0.3 is 28.6 Å². The van der Waals surface area contributed by atoms with E-state index in [0.717, 1.165) is 33.3 Å². The van der Waals surface area contributed by atoms with Crippen molar-refractivity contribution in [2.75, 3.05) is 41.3 Å². The van der Waals surface area contributed by atoms with Crippen LogP contribution in [0.5, 0.6) is 23.0 Å². The number of carbonyl (C=O) groups is 1. The van der Waals surface area contributed by atoms with Gasteiger partial charge in [0, 0.05) is 55.5 Å². The number of aromatic nitrogens is 1. The molecule has 39 heavy (non-hydrogen) atoms. The summed E-state index contributed by atoms with van der Waals surface area (Å²) in [5, 5.41) is 0.916. The van der Waals surface area contributed by atoms with Crippen molar-refractivity contribution in [2.45, 2.75) is 19.9 Å². The Morgan fingerprint density at radius 2 is 1.67 bits per heavy atom. The van der Waals surface area contributed by atoms with Crippen LogP contribution in [-0.4, -0.2) is 57.1 Å². The van der Waals surface area contributed by atoms with Gasteiger partial charge in [-0.25, -0.2) is 4.98 Å². The van der Waals surface area contributed by atoms with Crippen LogP contribution in [-0.2, 0) is 11.3 Å². The average Bonchev–Trinajstić information content (AvgIpc) is 3.42. The van der Waals surface area contributed by atoms with Crippen LogP contribution in [0, 0.1) is 6.92 Å². The van der Waals surface area contributed by atoms with Gasteiger partial charge in [0.2, 0.25) is 6.79 Å². The lowest BCUT2D eigenvalue weighted by molar-refractivity contribution is 0.0723. The van der Waals surface area contributed by atoms with Crippen LogP contribution >= 0.6 is 0 Å². The molecule has 0 bridgehead atoms. The molecule has 1 aliphatic rings. The first-order chi connectivity index (χ1) is 19.0. The van der Waals surface area contributed by atoms with E-state index in [4.69, 9.17) is 28.7 Å². The first-order valence-corrected chi connectivity index (χ1v) is 12.8. The molecule has 1 aromatic heterocycles. The zero-order valence-electron chi connectivity index (χ0n) is 22.7. The highest BCUT2D eigenvalue weighted by molar-refractivity contribution is 5.95. The van der Waals surface area contributed by atoms with Crippen molar-refractivity contribution in [1.29, 1.82) is 0 Å². The van der Waals surface area contributed by atoms with E-state index in [2.05, 4.69) is 25.1 Å². The number of fused-ring (bicyclic) bond motifs is 2. The van der Waals surface area contributed by atoms with E-state index in [9.17, 15) is 4.79 Å². The van der Waals surface area contributed by atoms with Crippen LogP contribution in [0.3, 0.4) is 0 Å². The second kappa shape index (κ2) is 11.6. The molecule has 1 amide bonds. The van der Waals surface area contributed by atoms with E-state index < -0.39 is 0 Å². The molecule has 0 aliphatic carbocycles. The molecule has 3 aromatic carbocycles. The number of pyridine rings is 1. The van der Waals surface area contributed by atoms with Crippen molar-refractivity contribution >= 4 is 16.8 Å². The summed E-state index contributed by atoms with van der Waals surface area (Å²) in [6.45, 7) is 3.64. The average molecular weight is 529 g/mol. The Kier molecular flexibility index (Phi) is 7.84. The highest BCUT2D eigenvalue weighted by atomic mass is 16.7. The molecule has 8 nitrogen and oxygen atoms in total. The predicted octanol–water partition coefficient (Wildman–Crippen LogP) is 5.64. The molecule has 0 radical (unpaired) electrons. The Balaban J connectivity index is 1.60. The summed E-state index contributed by atoms with van der Waals surface area (Å²) in [6, 6.07) is 19.3. The first kappa shape index (κ1) is 26.3. The minimum absolute atomic E-state index is 0.134. The zero-order chi connectivity index (χ0) is 27.4. The minimum Gasteiger partial charge on any atom is -0.497 e. The molecule has 0 unspecified atom stereocenters. The van der Waals surface area contributed by atoms with Crippen LogP contribution in [0.25, 0.3) is 22.2 Å². The van der Waals surface area contributed by atoms with E-state index in [-0.39, 0.29) is 12.7 Å². The van der Waals surface area contributed by atoms with E-state index in [1.165, 1.54) is 0 Å². The van der Waals surface area contributed by atoms with Gasteiger partial charge in [-0.3, -0.25) is 4.79 Å². The molecule has 0 fully saturated rings. The summed E-state index contributed by atoms with van der Waals surface area (Å²) in [5.41, 5.74) is 5.15. The molecule has 5 rings (SSSR count). The lowest BCUT2D eigenvalue weighted by Crippen LogP contribution is -2.32. The van der Waals surface area contributed by atoms with Gasteiger partial charge >= 0.3 is 0 Å². The molecule has 0 atom stereocenters. The van der Waals surface area contributed by atoms with Crippen molar-refractivity contribution in [1.82, 2.24) is 9.88 Å². The number of hydrogen-bond acceptors (Lipinski definition) is 7. The topological polar surface area (TPSA) is 79.4 Å². The van der Waals surface area contributed by atoms with E-state index in [0.29, 0.717) is 54.7 Å². The number of carbonyl (C=O) groups excluding carboxylic acids is 1. The van der Waals surface area contributed by atoms with Gasteiger partial charge in [0.1, 0.15) is 11.5 Å². The smallest absolute Gasteiger partial charge is 0.254 e. The number of nitrogens with zero attached hydrogens (tertiary/aromatic N) is 2. The van der Waals surface area contributed by atoms with Gasteiger partial charge in [0.15, 0.2) is 11.5 Å². The lowest BCUT2D eigenvalue weighted by Gasteiger charge is -2.25. The second-order valence-electron chi connectivity index (χ2n) is 9.38. The first-order valence-electron chi connectivity index (χ1n) is 12.8. The quantitative estimate of drug-likeness (QED) is 0.247. The van der Waals surface area contributed by atoms with Gasteiger partial charge in [0.05, 0.1) is 25.4 Å². The van der Waals surface area contributed by atoms with Gasteiger partial charge in [-0.2, -0.15) is 0 Å². The van der Waals surface area contributed by atoms with Crippen LogP contribution in [0.4, 0.5) is 0 Å². The summed E-state index contributed by atoms with van der Waals surface area (Å²) < 4.78 is 27.3. The molecule has 4 aromatic rings. The van der Waals surface area contributed by atoms with E-state index >= 15 is 0 Å². The Hall–Kier alpha value is -4.30. The van der Waals surface area contributed by atoms with Crippen molar-refractivity contribution in [3.05, 3.63) is 77.4 Å². The highest BCUT2D eigenvalue weighted by Crippen LogP contribution is 2.38. The minimum atomic E-state index is -0.134. The Labute approximate surface area is 228 Å². The van der Waals surface area contributed by atoms with Gasteiger partial charge in [-0.05, 0) is 48.7 Å². The third-order valence-corrected chi connectivity index (χ3v) is 6.81. The summed E-state index contributed by atoms with van der Waals surface area (Å²) in [7, 11) is 4.80. The fourth-order valence-electron chi connectivity index (χ4n) is 4.77. The van der Waals surface area contributed by atoms with E-state index in [1.54, 1.807) is 39.5 Å². The van der Waals surface area contributed by atoms with Gasteiger partial charge in [-0.1, -0.05) is 24.3 Å². The molecule has 0 saturated carbocycles. The molecule has 8 heteroatoms. The number of aryl methyl sites for hydroxylation is 1. The molecule has 1 aliphatic heterocycles. The largest absolute Gasteiger partial charge is 0.497 e. The van der Waals surface area contributed by atoms with Crippen LogP contribution in [0.2, 0.25) is 0 Å². The van der Waals surface area contributed by atoms with Crippen molar-refractivity contribution < 1.29 is 28.5 Å². The van der Waals surface area contributed by atoms with Gasteiger partial charge in [0.25, 0.3) is 5.91 Å². The van der Waals surface area contributed by atoms with Crippen LogP contribution in [0.15, 0.2) is 60.7 Å². The molecular weight excluding hydrogens is 496 g/mol. The summed E-state index contributed by atoms with van der Waals surface area (Å²) in [5.74, 6) is 2.35. The SMILES string of the molecule is COCCCN(Cc1cc2cc3c(cc2nc1-c1ccccc1C)OCO3)C(=O)c1cc(OC)cc(OC)c1. The van der Waals surface area contributed by atoms with Crippen molar-refractivity contribution in [3.63, 3.8) is 0 Å². The molecule has 0 spiro atoms. The van der Waals surface area contributed by atoms with Crippen LogP contribution < -0.4 is 18.9 Å². The fourth-order valence-corrected chi connectivity index (χ4v) is 4.77. The Morgan fingerprint density at radius 1 is 0.949 bits per heavy atom. The number of rotatable bonds is 10. The number of methoxy groups -OCH3 is 3. The zero-order valence-corrected chi connectivity index (χ0v) is 22.7. The summed E-state index contributed by atoms with van der Waals surface area (Å²) in [6.07, 6.45) is 0.683. The maximum Gasteiger partial charge on any atom is 0.254 e. The molecular formula is C31H32N2O6. The van der Waals surface area contributed by atoms with Crippen molar-refractivity contribution in [3.8, 4) is 34.3 Å². The fraction of sp³-hybridized carbons (Fsp3) is 0.290. The molecule has 202 valence electrons. The molecule has 0 N–H and O–H groups in total.